The van der Waals surface area contributed by atoms with Gasteiger partial charge in [0.2, 0.25) is 0 Å². The topological polar surface area (TPSA) is 79.0 Å². The summed E-state index contributed by atoms with van der Waals surface area (Å²) in [5.74, 6) is -0.902. The van der Waals surface area contributed by atoms with Gasteiger partial charge in [0.05, 0.1) is 12.8 Å². The number of halogens is 1. The van der Waals surface area contributed by atoms with Gasteiger partial charge in [-0.1, -0.05) is 15.9 Å². The van der Waals surface area contributed by atoms with E-state index in [0.717, 1.165) is 33.7 Å². The van der Waals surface area contributed by atoms with Crippen molar-refractivity contribution in [1.82, 2.24) is 5.32 Å². The molecule has 7 nitrogen and oxygen atoms in total. The molecule has 0 radical (unpaired) electrons. The Morgan fingerprint density at radius 1 is 1.10 bits per heavy atom. The van der Waals surface area contributed by atoms with E-state index in [1.165, 1.54) is 13.2 Å². The second kappa shape index (κ2) is 9.34. The Hall–Kier alpha value is -3.13. The molecule has 0 unspecified atom stereocenters. The molecule has 3 rings (SSSR count). The molecule has 4 amide bonds. The number of carbonyl (C=O) groups is 3. The van der Waals surface area contributed by atoms with E-state index in [2.05, 4.69) is 40.0 Å². The van der Waals surface area contributed by atoms with E-state index in [-0.39, 0.29) is 5.57 Å². The predicted molar refractivity (Wildman–Crippen MR) is 124 cm³/mol. The molecule has 2 aromatic carbocycles. The van der Waals surface area contributed by atoms with Gasteiger partial charge in [0.15, 0.2) is 0 Å². The molecule has 0 spiro atoms. The van der Waals surface area contributed by atoms with E-state index >= 15 is 0 Å². The van der Waals surface area contributed by atoms with Crippen LogP contribution in [0.2, 0.25) is 0 Å². The Balaban J connectivity index is 2.02. The molecule has 1 aliphatic heterocycles. The van der Waals surface area contributed by atoms with Crippen LogP contribution in [0.5, 0.6) is 5.75 Å². The van der Waals surface area contributed by atoms with Crippen molar-refractivity contribution in [1.29, 1.82) is 0 Å². The molecule has 1 saturated heterocycles. The first-order chi connectivity index (χ1) is 14.8. The number of urea groups is 1. The number of nitrogens with one attached hydrogen (secondary N) is 1. The molecule has 1 aliphatic rings. The summed E-state index contributed by atoms with van der Waals surface area (Å²) in [6.07, 6.45) is 1.45. The molecule has 2 aromatic rings. The van der Waals surface area contributed by atoms with Gasteiger partial charge in [0.1, 0.15) is 11.3 Å². The van der Waals surface area contributed by atoms with E-state index in [9.17, 15) is 14.4 Å². The molecule has 0 atom stereocenters. The SMILES string of the molecule is CCN(CC)c1ccc(/C=C2\C(=O)NC(=O)N(c3ccc(Br)c(C)c3)C2=O)c(OC)c1. The lowest BCUT2D eigenvalue weighted by atomic mass is 10.0. The number of ether oxygens (including phenoxy) is 1. The number of hydrogen-bond acceptors (Lipinski definition) is 5. The smallest absolute Gasteiger partial charge is 0.335 e. The zero-order valence-corrected chi connectivity index (χ0v) is 19.4. The maximum atomic E-state index is 13.1. The molecule has 162 valence electrons. The van der Waals surface area contributed by atoms with Crippen molar-refractivity contribution in [2.45, 2.75) is 20.8 Å². The fourth-order valence-corrected chi connectivity index (χ4v) is 3.67. The Morgan fingerprint density at radius 3 is 2.42 bits per heavy atom. The van der Waals surface area contributed by atoms with Crippen LogP contribution in [0.15, 0.2) is 46.4 Å². The lowest BCUT2D eigenvalue weighted by Gasteiger charge is -2.27. The molecule has 1 fully saturated rings. The predicted octanol–water partition coefficient (Wildman–Crippen LogP) is 4.28. The van der Waals surface area contributed by atoms with Crippen LogP contribution in [-0.4, -0.2) is 38.0 Å². The lowest BCUT2D eigenvalue weighted by molar-refractivity contribution is -0.122. The minimum absolute atomic E-state index is 0.144. The second-order valence-corrected chi connectivity index (χ2v) is 7.84. The van der Waals surface area contributed by atoms with Gasteiger partial charge in [-0.15, -0.1) is 0 Å². The Kier molecular flexibility index (Phi) is 6.80. The number of carbonyl (C=O) groups excluding carboxylic acids is 3. The van der Waals surface area contributed by atoms with Crippen molar-refractivity contribution in [2.75, 3.05) is 30.0 Å². The third-order valence-electron chi connectivity index (χ3n) is 5.15. The van der Waals surface area contributed by atoms with Crippen LogP contribution < -0.4 is 19.9 Å². The van der Waals surface area contributed by atoms with E-state index in [1.807, 2.05) is 19.1 Å². The van der Waals surface area contributed by atoms with Crippen LogP contribution in [-0.2, 0) is 9.59 Å². The maximum absolute atomic E-state index is 13.1. The summed E-state index contributed by atoms with van der Waals surface area (Å²) in [6, 6.07) is 9.89. The highest BCUT2D eigenvalue weighted by Crippen LogP contribution is 2.30. The number of benzene rings is 2. The summed E-state index contributed by atoms with van der Waals surface area (Å²) in [5.41, 5.74) is 2.64. The quantitative estimate of drug-likeness (QED) is 0.487. The molecule has 31 heavy (non-hydrogen) atoms. The number of hydrogen-bond donors (Lipinski definition) is 1. The fraction of sp³-hybridized carbons (Fsp3) is 0.261. The molecule has 8 heteroatoms. The van der Waals surface area contributed by atoms with Crippen LogP contribution >= 0.6 is 15.9 Å². The number of nitrogens with zero attached hydrogens (tertiary/aromatic N) is 2. The number of aryl methyl sites for hydroxylation is 1. The zero-order chi connectivity index (χ0) is 22.7. The Morgan fingerprint density at radius 2 is 1.81 bits per heavy atom. The van der Waals surface area contributed by atoms with Gasteiger partial charge in [0.25, 0.3) is 11.8 Å². The fourth-order valence-electron chi connectivity index (χ4n) is 3.42. The molecule has 0 saturated carbocycles. The van der Waals surface area contributed by atoms with Crippen molar-refractivity contribution in [3.05, 3.63) is 57.6 Å². The van der Waals surface area contributed by atoms with Gasteiger partial charge in [-0.2, -0.15) is 0 Å². The summed E-state index contributed by atoms with van der Waals surface area (Å²) >= 11 is 3.40. The van der Waals surface area contributed by atoms with Crippen molar-refractivity contribution in [3.8, 4) is 5.75 Å². The third-order valence-corrected chi connectivity index (χ3v) is 6.04. The highest BCUT2D eigenvalue weighted by Gasteiger charge is 2.37. The van der Waals surface area contributed by atoms with Crippen LogP contribution in [0, 0.1) is 6.92 Å². The van der Waals surface area contributed by atoms with Gasteiger partial charge in [-0.25, -0.2) is 9.69 Å². The summed E-state index contributed by atoms with van der Waals surface area (Å²) in [7, 11) is 1.53. The molecular formula is C23H24BrN3O4. The summed E-state index contributed by atoms with van der Waals surface area (Å²) in [5, 5.41) is 2.25. The molecular weight excluding hydrogens is 462 g/mol. The van der Waals surface area contributed by atoms with Gasteiger partial charge in [-0.05, 0) is 62.7 Å². The third kappa shape index (κ3) is 4.49. The number of anilines is 2. The maximum Gasteiger partial charge on any atom is 0.335 e. The minimum atomic E-state index is -0.780. The van der Waals surface area contributed by atoms with Gasteiger partial charge in [0, 0.05) is 34.9 Å². The number of methoxy groups -OCH3 is 1. The van der Waals surface area contributed by atoms with Crippen LogP contribution in [0.3, 0.4) is 0 Å². The molecule has 0 aromatic heterocycles. The number of rotatable bonds is 6. The van der Waals surface area contributed by atoms with Crippen molar-refractivity contribution >= 4 is 51.2 Å². The van der Waals surface area contributed by atoms with Crippen LogP contribution in [0.1, 0.15) is 25.0 Å². The Bertz CT molecular complexity index is 1080. The highest BCUT2D eigenvalue weighted by molar-refractivity contribution is 9.10. The first-order valence-corrected chi connectivity index (χ1v) is 10.7. The summed E-state index contributed by atoms with van der Waals surface area (Å²) < 4.78 is 6.35. The second-order valence-electron chi connectivity index (χ2n) is 6.99. The lowest BCUT2D eigenvalue weighted by Crippen LogP contribution is -2.54. The average Bonchev–Trinajstić information content (AvgIpc) is 2.74. The van der Waals surface area contributed by atoms with Gasteiger partial charge >= 0.3 is 6.03 Å². The van der Waals surface area contributed by atoms with E-state index in [0.29, 0.717) is 17.0 Å². The molecule has 0 bridgehead atoms. The standard InChI is InChI=1S/C23H24BrN3O4/c1-5-26(6-2)16-8-7-15(20(13-16)31-4)12-18-21(28)25-23(30)27(22(18)29)17-9-10-19(24)14(3)11-17/h7-13H,5-6H2,1-4H3,(H,25,28,30)/b18-12+. The van der Waals surface area contributed by atoms with E-state index in [1.54, 1.807) is 24.3 Å². The number of barbiturate groups is 1. The zero-order valence-electron chi connectivity index (χ0n) is 17.9. The first-order valence-electron chi connectivity index (χ1n) is 9.91. The molecule has 1 N–H and O–H groups in total. The monoisotopic (exact) mass is 485 g/mol. The normalized spacial score (nSPS) is 15.3. The highest BCUT2D eigenvalue weighted by atomic mass is 79.9. The van der Waals surface area contributed by atoms with E-state index in [4.69, 9.17) is 4.74 Å². The van der Waals surface area contributed by atoms with Crippen molar-refractivity contribution in [3.63, 3.8) is 0 Å². The minimum Gasteiger partial charge on any atom is -0.496 e. The first kappa shape index (κ1) is 22.6. The van der Waals surface area contributed by atoms with E-state index < -0.39 is 17.8 Å². The summed E-state index contributed by atoms with van der Waals surface area (Å²) in [6.45, 7) is 7.65. The van der Waals surface area contributed by atoms with Crippen LogP contribution in [0.25, 0.3) is 6.08 Å². The van der Waals surface area contributed by atoms with Crippen LogP contribution in [0.4, 0.5) is 16.2 Å². The van der Waals surface area contributed by atoms with Gasteiger partial charge < -0.3 is 9.64 Å². The number of amides is 4. The number of imide groups is 2. The van der Waals surface area contributed by atoms with Crippen molar-refractivity contribution in [2.24, 2.45) is 0 Å². The van der Waals surface area contributed by atoms with Crippen molar-refractivity contribution < 1.29 is 19.1 Å². The summed E-state index contributed by atoms with van der Waals surface area (Å²) in [4.78, 5) is 41.2. The largest absolute Gasteiger partial charge is 0.496 e. The molecule has 0 aliphatic carbocycles. The molecule has 1 heterocycles. The Labute approximate surface area is 189 Å². The van der Waals surface area contributed by atoms with Gasteiger partial charge in [-0.3, -0.25) is 14.9 Å². The average molecular weight is 486 g/mol.